The molecule has 0 radical (unpaired) electrons. The molecule has 3 nitrogen and oxygen atoms in total. The Kier molecular flexibility index (Phi) is 4.31. The second kappa shape index (κ2) is 6.24. The van der Waals surface area contributed by atoms with Crippen LogP contribution in [0.2, 0.25) is 0 Å². The van der Waals surface area contributed by atoms with Gasteiger partial charge < -0.3 is 5.32 Å². The van der Waals surface area contributed by atoms with Gasteiger partial charge in [-0.1, -0.05) is 12.1 Å². The van der Waals surface area contributed by atoms with Crippen LogP contribution in [0.1, 0.15) is 39.9 Å². The molecule has 0 unspecified atom stereocenters. The maximum absolute atomic E-state index is 13.0. The topological polar surface area (TPSA) is 46.2 Å². The molecule has 0 bridgehead atoms. The summed E-state index contributed by atoms with van der Waals surface area (Å²) in [5.41, 5.74) is 0.402. The van der Waals surface area contributed by atoms with E-state index in [0.717, 1.165) is 28.2 Å². The van der Waals surface area contributed by atoms with Gasteiger partial charge in [0, 0.05) is 11.4 Å². The SMILES string of the molecule is CC(=O)c1ccc(CCNC(=O)C2(c3ccc(F)cc3)CC2)s1. The average Bonchev–Trinajstić information content (AvgIpc) is 3.20. The van der Waals surface area contributed by atoms with E-state index in [0.29, 0.717) is 13.0 Å². The van der Waals surface area contributed by atoms with Crippen LogP contribution in [0, 0.1) is 5.82 Å². The fraction of sp³-hybridized carbons (Fsp3) is 0.333. The van der Waals surface area contributed by atoms with E-state index >= 15 is 0 Å². The van der Waals surface area contributed by atoms with Crippen LogP contribution in [-0.4, -0.2) is 18.2 Å². The van der Waals surface area contributed by atoms with Crippen molar-refractivity contribution >= 4 is 23.0 Å². The number of amides is 1. The molecule has 1 amide bonds. The van der Waals surface area contributed by atoms with Gasteiger partial charge in [0.2, 0.25) is 5.91 Å². The summed E-state index contributed by atoms with van der Waals surface area (Å²) in [5, 5.41) is 2.97. The number of benzene rings is 1. The van der Waals surface area contributed by atoms with Gasteiger partial charge in [-0.25, -0.2) is 4.39 Å². The zero-order chi connectivity index (χ0) is 16.4. The fourth-order valence-corrected chi connectivity index (χ4v) is 3.61. The Labute approximate surface area is 138 Å². The highest BCUT2D eigenvalue weighted by Gasteiger charge is 2.50. The molecular formula is C18H18FNO2S. The predicted molar refractivity (Wildman–Crippen MR) is 88.3 cm³/mol. The van der Waals surface area contributed by atoms with Crippen LogP contribution >= 0.6 is 11.3 Å². The molecule has 5 heteroatoms. The van der Waals surface area contributed by atoms with E-state index in [-0.39, 0.29) is 17.5 Å². The van der Waals surface area contributed by atoms with Crippen LogP contribution in [0.25, 0.3) is 0 Å². The van der Waals surface area contributed by atoms with Crippen LogP contribution in [0.3, 0.4) is 0 Å². The zero-order valence-electron chi connectivity index (χ0n) is 12.9. The van der Waals surface area contributed by atoms with E-state index in [2.05, 4.69) is 5.32 Å². The molecule has 23 heavy (non-hydrogen) atoms. The van der Waals surface area contributed by atoms with E-state index in [4.69, 9.17) is 0 Å². The third kappa shape index (κ3) is 3.34. The quantitative estimate of drug-likeness (QED) is 0.824. The molecule has 1 N–H and O–H groups in total. The first-order valence-corrected chi connectivity index (χ1v) is 8.47. The van der Waals surface area contributed by atoms with Crippen LogP contribution < -0.4 is 5.32 Å². The van der Waals surface area contributed by atoms with Crippen molar-refractivity contribution in [2.75, 3.05) is 6.54 Å². The Morgan fingerprint density at radius 3 is 2.43 bits per heavy atom. The van der Waals surface area contributed by atoms with Gasteiger partial charge in [-0.2, -0.15) is 0 Å². The summed E-state index contributed by atoms with van der Waals surface area (Å²) < 4.78 is 13.0. The molecule has 0 aliphatic heterocycles. The molecular weight excluding hydrogens is 313 g/mol. The molecule has 2 aromatic rings. The normalized spacial score (nSPS) is 15.2. The lowest BCUT2D eigenvalue weighted by Crippen LogP contribution is -2.35. The minimum Gasteiger partial charge on any atom is -0.355 e. The fourth-order valence-electron chi connectivity index (χ4n) is 2.71. The number of ketones is 1. The highest BCUT2D eigenvalue weighted by atomic mass is 32.1. The molecule has 3 rings (SSSR count). The Morgan fingerprint density at radius 1 is 1.17 bits per heavy atom. The van der Waals surface area contributed by atoms with Crippen molar-refractivity contribution in [3.8, 4) is 0 Å². The van der Waals surface area contributed by atoms with Crippen molar-refractivity contribution in [1.82, 2.24) is 5.32 Å². The van der Waals surface area contributed by atoms with Crippen molar-refractivity contribution in [2.24, 2.45) is 0 Å². The number of halogens is 1. The van der Waals surface area contributed by atoms with E-state index in [1.54, 1.807) is 19.1 Å². The van der Waals surface area contributed by atoms with E-state index in [1.807, 2.05) is 12.1 Å². The lowest BCUT2D eigenvalue weighted by molar-refractivity contribution is -0.123. The molecule has 1 heterocycles. The third-order valence-corrected chi connectivity index (χ3v) is 5.49. The highest BCUT2D eigenvalue weighted by molar-refractivity contribution is 7.14. The number of carbonyl (C=O) groups excluding carboxylic acids is 2. The van der Waals surface area contributed by atoms with Gasteiger partial charge in [0.05, 0.1) is 10.3 Å². The van der Waals surface area contributed by atoms with Crippen LogP contribution in [0.15, 0.2) is 36.4 Å². The number of nitrogens with one attached hydrogen (secondary N) is 1. The molecule has 1 aromatic carbocycles. The zero-order valence-corrected chi connectivity index (χ0v) is 13.7. The second-order valence-electron chi connectivity index (χ2n) is 5.92. The molecule has 1 aromatic heterocycles. The number of carbonyl (C=O) groups is 2. The maximum atomic E-state index is 13.0. The molecule has 0 spiro atoms. The monoisotopic (exact) mass is 331 g/mol. The van der Waals surface area contributed by atoms with Gasteiger partial charge in [0.1, 0.15) is 5.82 Å². The number of hydrogen-bond acceptors (Lipinski definition) is 3. The summed E-state index contributed by atoms with van der Waals surface area (Å²) in [6.07, 6.45) is 2.32. The lowest BCUT2D eigenvalue weighted by atomic mass is 9.95. The molecule has 120 valence electrons. The standard InChI is InChI=1S/C18H18FNO2S/c1-12(21)16-7-6-15(23-16)8-11-20-17(22)18(9-10-18)13-2-4-14(19)5-3-13/h2-7H,8-11H2,1H3,(H,20,22). The van der Waals surface area contributed by atoms with Gasteiger partial charge >= 0.3 is 0 Å². The Balaban J connectivity index is 1.57. The number of rotatable bonds is 6. The lowest BCUT2D eigenvalue weighted by Gasteiger charge is -2.15. The van der Waals surface area contributed by atoms with E-state index in [9.17, 15) is 14.0 Å². The first-order chi connectivity index (χ1) is 11.0. The second-order valence-corrected chi connectivity index (χ2v) is 7.09. The molecule has 1 aliphatic carbocycles. The molecule has 1 saturated carbocycles. The number of Topliss-reactive ketones (excluding diaryl/α,β-unsaturated/α-hetero) is 1. The first kappa shape index (κ1) is 15.9. The summed E-state index contributed by atoms with van der Waals surface area (Å²) in [7, 11) is 0. The van der Waals surface area contributed by atoms with Crippen molar-refractivity contribution in [1.29, 1.82) is 0 Å². The van der Waals surface area contributed by atoms with Gasteiger partial charge in [0.25, 0.3) is 0 Å². The summed E-state index contributed by atoms with van der Waals surface area (Å²) >= 11 is 1.47. The minimum atomic E-state index is -0.478. The summed E-state index contributed by atoms with van der Waals surface area (Å²) in [5.74, 6) is -0.213. The van der Waals surface area contributed by atoms with Crippen LogP contribution in [0.5, 0.6) is 0 Å². The Bertz CT molecular complexity index is 732. The van der Waals surface area contributed by atoms with Crippen LogP contribution in [0.4, 0.5) is 4.39 Å². The Hall–Kier alpha value is -2.01. The molecule has 0 atom stereocenters. The summed E-state index contributed by atoms with van der Waals surface area (Å²) in [4.78, 5) is 25.6. The molecule has 1 fully saturated rings. The van der Waals surface area contributed by atoms with Gasteiger partial charge in [0.15, 0.2) is 5.78 Å². The van der Waals surface area contributed by atoms with Gasteiger partial charge in [-0.3, -0.25) is 9.59 Å². The molecule has 0 saturated heterocycles. The van der Waals surface area contributed by atoms with Crippen molar-refractivity contribution in [3.63, 3.8) is 0 Å². The number of thiophene rings is 1. The van der Waals surface area contributed by atoms with E-state index < -0.39 is 5.41 Å². The predicted octanol–water partition coefficient (Wildman–Crippen LogP) is 3.48. The smallest absolute Gasteiger partial charge is 0.230 e. The Morgan fingerprint density at radius 2 is 1.87 bits per heavy atom. The maximum Gasteiger partial charge on any atom is 0.230 e. The van der Waals surface area contributed by atoms with Crippen molar-refractivity contribution < 1.29 is 14.0 Å². The van der Waals surface area contributed by atoms with Gasteiger partial charge in [-0.15, -0.1) is 11.3 Å². The van der Waals surface area contributed by atoms with Crippen molar-refractivity contribution in [3.05, 3.63) is 57.5 Å². The first-order valence-electron chi connectivity index (χ1n) is 7.65. The average molecular weight is 331 g/mol. The van der Waals surface area contributed by atoms with E-state index in [1.165, 1.54) is 23.5 Å². The third-order valence-electron chi connectivity index (χ3n) is 4.25. The van der Waals surface area contributed by atoms with Crippen LogP contribution in [-0.2, 0) is 16.6 Å². The summed E-state index contributed by atoms with van der Waals surface area (Å²) in [6.45, 7) is 2.09. The molecule has 1 aliphatic rings. The highest BCUT2D eigenvalue weighted by Crippen LogP contribution is 2.48. The summed E-state index contributed by atoms with van der Waals surface area (Å²) in [6, 6.07) is 9.95. The van der Waals surface area contributed by atoms with Crippen molar-refractivity contribution in [2.45, 2.75) is 31.6 Å². The van der Waals surface area contributed by atoms with Gasteiger partial charge in [-0.05, 0) is 56.0 Å². The number of hydrogen-bond donors (Lipinski definition) is 1. The largest absolute Gasteiger partial charge is 0.355 e. The minimum absolute atomic E-state index is 0.00690.